The van der Waals surface area contributed by atoms with Crippen LogP contribution >= 0.6 is 11.8 Å². The Kier molecular flexibility index (Phi) is 8.67. The SMILES string of the molecule is COc1cc(/C=N/NC(=O)CSc2ccc([N+](=O)[O-])cc2)ccc1Oc1ccc([N+](=O)[O-])cc1[N+](=O)[O-]. The summed E-state index contributed by atoms with van der Waals surface area (Å²) in [5.74, 6) is -0.291. The number of methoxy groups -OCH3 is 1. The Hall–Kier alpha value is -5.05. The van der Waals surface area contributed by atoms with Crippen LogP contribution in [0.3, 0.4) is 0 Å². The molecule has 0 fully saturated rings. The summed E-state index contributed by atoms with van der Waals surface area (Å²) in [7, 11) is 1.35. The molecule has 3 rings (SSSR count). The van der Waals surface area contributed by atoms with E-state index in [9.17, 15) is 35.1 Å². The van der Waals surface area contributed by atoms with Crippen LogP contribution in [0.4, 0.5) is 17.1 Å². The van der Waals surface area contributed by atoms with E-state index < -0.39 is 32.1 Å². The first-order valence-electron chi connectivity index (χ1n) is 10.2. The lowest BCUT2D eigenvalue weighted by atomic mass is 10.2. The second-order valence-electron chi connectivity index (χ2n) is 7.01. The minimum absolute atomic E-state index is 0.0271. The second kappa shape index (κ2) is 12.1. The highest BCUT2D eigenvalue weighted by molar-refractivity contribution is 8.00. The molecule has 15 heteroatoms. The minimum atomic E-state index is -0.793. The monoisotopic (exact) mass is 527 g/mol. The van der Waals surface area contributed by atoms with Crippen molar-refractivity contribution in [1.29, 1.82) is 0 Å². The fourth-order valence-corrected chi connectivity index (χ4v) is 3.53. The molecule has 0 spiro atoms. The van der Waals surface area contributed by atoms with Gasteiger partial charge in [-0.15, -0.1) is 11.8 Å². The first-order chi connectivity index (χ1) is 17.7. The Morgan fingerprint density at radius 1 is 0.892 bits per heavy atom. The number of non-ortho nitro benzene ring substituents is 2. The number of thioether (sulfide) groups is 1. The number of amides is 1. The fraction of sp³-hybridized carbons (Fsp3) is 0.0909. The predicted octanol–water partition coefficient (Wildman–Crippen LogP) is 4.45. The van der Waals surface area contributed by atoms with E-state index in [0.717, 1.165) is 18.2 Å². The van der Waals surface area contributed by atoms with Gasteiger partial charge in [0.25, 0.3) is 11.4 Å². The summed E-state index contributed by atoms with van der Waals surface area (Å²) in [6, 6.07) is 13.3. The van der Waals surface area contributed by atoms with Gasteiger partial charge in [-0.3, -0.25) is 35.1 Å². The topological polar surface area (TPSA) is 189 Å². The second-order valence-corrected chi connectivity index (χ2v) is 8.06. The van der Waals surface area contributed by atoms with Crippen molar-refractivity contribution in [3.63, 3.8) is 0 Å². The number of hydrogen-bond donors (Lipinski definition) is 1. The third-order valence-corrected chi connectivity index (χ3v) is 5.59. The molecular weight excluding hydrogens is 510 g/mol. The van der Waals surface area contributed by atoms with Gasteiger partial charge in [-0.25, -0.2) is 5.43 Å². The molecule has 190 valence electrons. The molecule has 0 saturated carbocycles. The zero-order valence-electron chi connectivity index (χ0n) is 18.9. The van der Waals surface area contributed by atoms with Crippen LogP contribution in [0, 0.1) is 30.3 Å². The van der Waals surface area contributed by atoms with E-state index in [2.05, 4.69) is 10.5 Å². The van der Waals surface area contributed by atoms with Gasteiger partial charge in [0.05, 0.1) is 39.9 Å². The molecule has 0 bridgehead atoms. The lowest BCUT2D eigenvalue weighted by molar-refractivity contribution is -0.394. The fourth-order valence-electron chi connectivity index (χ4n) is 2.84. The lowest BCUT2D eigenvalue weighted by Gasteiger charge is -2.11. The third kappa shape index (κ3) is 7.22. The molecule has 14 nitrogen and oxygen atoms in total. The van der Waals surface area contributed by atoms with Crippen LogP contribution in [0.25, 0.3) is 0 Å². The molecule has 0 heterocycles. The largest absolute Gasteiger partial charge is 0.493 e. The summed E-state index contributed by atoms with van der Waals surface area (Å²) >= 11 is 1.18. The first-order valence-corrected chi connectivity index (χ1v) is 11.1. The maximum atomic E-state index is 12.0. The summed E-state index contributed by atoms with van der Waals surface area (Å²) in [6.45, 7) is 0. The van der Waals surface area contributed by atoms with E-state index in [4.69, 9.17) is 9.47 Å². The van der Waals surface area contributed by atoms with Crippen molar-refractivity contribution < 1.29 is 29.0 Å². The molecule has 3 aromatic carbocycles. The normalized spacial score (nSPS) is 10.6. The number of nitrogens with zero attached hydrogens (tertiary/aromatic N) is 4. The van der Waals surface area contributed by atoms with Gasteiger partial charge in [0.1, 0.15) is 0 Å². The van der Waals surface area contributed by atoms with E-state index in [1.165, 1.54) is 49.4 Å². The Morgan fingerprint density at radius 2 is 1.54 bits per heavy atom. The number of carbonyl (C=O) groups is 1. The average Bonchev–Trinajstić information content (AvgIpc) is 2.88. The Balaban J connectivity index is 1.63. The summed E-state index contributed by atoms with van der Waals surface area (Å²) in [6.07, 6.45) is 1.34. The summed E-state index contributed by atoms with van der Waals surface area (Å²) in [5, 5.41) is 36.8. The van der Waals surface area contributed by atoms with Crippen molar-refractivity contribution in [1.82, 2.24) is 5.43 Å². The molecule has 0 radical (unpaired) electrons. The smallest absolute Gasteiger partial charge is 0.318 e. The van der Waals surface area contributed by atoms with Crippen LogP contribution < -0.4 is 14.9 Å². The minimum Gasteiger partial charge on any atom is -0.493 e. The number of ether oxygens (including phenoxy) is 2. The van der Waals surface area contributed by atoms with Crippen LogP contribution in [0.5, 0.6) is 17.2 Å². The quantitative estimate of drug-likeness (QED) is 0.161. The van der Waals surface area contributed by atoms with E-state index in [1.807, 2.05) is 0 Å². The number of nitrogens with one attached hydrogen (secondary N) is 1. The van der Waals surface area contributed by atoms with E-state index >= 15 is 0 Å². The van der Waals surface area contributed by atoms with Crippen molar-refractivity contribution in [3.8, 4) is 17.2 Å². The van der Waals surface area contributed by atoms with Crippen LogP contribution in [0.2, 0.25) is 0 Å². The number of hydrogen-bond acceptors (Lipinski definition) is 11. The Bertz CT molecular complexity index is 1380. The molecular formula is C22H17N5O9S. The number of benzene rings is 3. The van der Waals surface area contributed by atoms with Gasteiger partial charge >= 0.3 is 5.69 Å². The van der Waals surface area contributed by atoms with Crippen molar-refractivity contribution >= 4 is 40.9 Å². The van der Waals surface area contributed by atoms with Crippen LogP contribution in [-0.2, 0) is 4.79 Å². The van der Waals surface area contributed by atoms with Gasteiger partial charge in [0.2, 0.25) is 11.7 Å². The summed E-state index contributed by atoms with van der Waals surface area (Å²) in [4.78, 5) is 43.6. The average molecular weight is 527 g/mol. The van der Waals surface area contributed by atoms with Gasteiger partial charge in [-0.05, 0) is 42.0 Å². The van der Waals surface area contributed by atoms with Gasteiger partial charge < -0.3 is 9.47 Å². The molecule has 0 aliphatic heterocycles. The van der Waals surface area contributed by atoms with Crippen molar-refractivity contribution in [3.05, 3.63) is 96.6 Å². The maximum Gasteiger partial charge on any atom is 0.318 e. The maximum absolute atomic E-state index is 12.0. The zero-order chi connectivity index (χ0) is 26.9. The number of hydrazone groups is 1. The predicted molar refractivity (Wildman–Crippen MR) is 132 cm³/mol. The molecule has 1 amide bonds. The number of nitro benzene ring substituents is 3. The van der Waals surface area contributed by atoms with Gasteiger partial charge in [0.15, 0.2) is 11.5 Å². The van der Waals surface area contributed by atoms with Crippen molar-refractivity contribution in [2.24, 2.45) is 5.10 Å². The third-order valence-electron chi connectivity index (χ3n) is 4.58. The summed E-state index contributed by atoms with van der Waals surface area (Å²) in [5.41, 5.74) is 1.78. The molecule has 0 aliphatic carbocycles. The van der Waals surface area contributed by atoms with E-state index in [1.54, 1.807) is 18.2 Å². The molecule has 0 unspecified atom stereocenters. The number of carbonyl (C=O) groups excluding carboxylic acids is 1. The van der Waals surface area contributed by atoms with Gasteiger partial charge in [-0.1, -0.05) is 0 Å². The highest BCUT2D eigenvalue weighted by Crippen LogP contribution is 2.38. The molecule has 0 aromatic heterocycles. The van der Waals surface area contributed by atoms with Crippen molar-refractivity contribution in [2.75, 3.05) is 12.9 Å². The first kappa shape index (κ1) is 26.6. The molecule has 0 saturated heterocycles. The standard InChI is InChI=1S/C22H17N5O9S/c1-35-21-10-14(12-23-24-22(28)13-37-17-6-3-15(4-7-17)25(29)30)2-8-20(21)36-19-9-5-16(26(31)32)11-18(19)27(33)34/h2-12H,13H2,1H3,(H,24,28)/b23-12+. The summed E-state index contributed by atoms with van der Waals surface area (Å²) < 4.78 is 10.8. The van der Waals surface area contributed by atoms with Crippen molar-refractivity contribution in [2.45, 2.75) is 4.90 Å². The molecule has 1 N–H and O–H groups in total. The number of nitro groups is 3. The van der Waals surface area contributed by atoms with Gasteiger partial charge in [-0.2, -0.15) is 5.10 Å². The zero-order valence-corrected chi connectivity index (χ0v) is 19.7. The number of rotatable bonds is 11. The molecule has 37 heavy (non-hydrogen) atoms. The lowest BCUT2D eigenvalue weighted by Crippen LogP contribution is -2.19. The van der Waals surface area contributed by atoms with E-state index in [-0.39, 0.29) is 28.7 Å². The van der Waals surface area contributed by atoms with E-state index in [0.29, 0.717) is 10.5 Å². The van der Waals surface area contributed by atoms with Crippen LogP contribution in [-0.4, -0.2) is 39.8 Å². The van der Waals surface area contributed by atoms with Gasteiger partial charge in [0, 0.05) is 23.1 Å². The van der Waals surface area contributed by atoms with Crippen LogP contribution in [0.1, 0.15) is 5.56 Å². The Labute approximate surface area is 212 Å². The molecule has 0 atom stereocenters. The highest BCUT2D eigenvalue weighted by atomic mass is 32.2. The molecule has 0 aliphatic rings. The van der Waals surface area contributed by atoms with Crippen LogP contribution in [0.15, 0.2) is 70.7 Å². The molecule has 3 aromatic rings. The highest BCUT2D eigenvalue weighted by Gasteiger charge is 2.22. The Morgan fingerprint density at radius 3 is 2.16 bits per heavy atom.